The fourth-order valence-corrected chi connectivity index (χ4v) is 5.90. The van der Waals surface area contributed by atoms with E-state index in [0.29, 0.717) is 44.3 Å². The quantitative estimate of drug-likeness (QED) is 0.167. The van der Waals surface area contributed by atoms with Crippen LogP contribution in [0.15, 0.2) is 65.3 Å². The van der Waals surface area contributed by atoms with E-state index in [0.717, 1.165) is 43.6 Å². The molecule has 2 amide bonds. The first kappa shape index (κ1) is 32.5. The second-order valence-electron chi connectivity index (χ2n) is 11.3. The van der Waals surface area contributed by atoms with Gasteiger partial charge in [-0.25, -0.2) is 9.78 Å². The molecular formula is C34H44N4O7. The monoisotopic (exact) mass is 620 g/mol. The summed E-state index contributed by atoms with van der Waals surface area (Å²) in [4.78, 5) is 32.3. The number of alkyl carbamates (subject to hydrolysis) is 1. The average molecular weight is 621 g/mol. The SMILES string of the molecule is CCOC(CCCNC(=O)c1coc(COc2cccc([C@@H](NC(=O)O[C@H]3CN4CCC3CC4)c3ccccc3)c2)n1)OCC. The minimum absolute atomic E-state index is 0.0339. The molecule has 3 aromatic rings. The van der Waals surface area contributed by atoms with Crippen molar-refractivity contribution in [2.75, 3.05) is 39.4 Å². The zero-order valence-electron chi connectivity index (χ0n) is 26.1. The molecule has 3 fully saturated rings. The number of carbonyl (C=O) groups is 2. The number of oxazole rings is 1. The van der Waals surface area contributed by atoms with Crippen LogP contribution in [0, 0.1) is 5.92 Å². The largest absolute Gasteiger partial charge is 0.484 e. The Labute approximate surface area is 264 Å². The van der Waals surface area contributed by atoms with Crippen LogP contribution in [0.25, 0.3) is 0 Å². The highest BCUT2D eigenvalue weighted by atomic mass is 16.7. The summed E-state index contributed by atoms with van der Waals surface area (Å²) < 4.78 is 28.5. The molecule has 1 aromatic heterocycles. The van der Waals surface area contributed by atoms with Crippen molar-refractivity contribution in [3.8, 4) is 5.75 Å². The van der Waals surface area contributed by atoms with Crippen molar-refractivity contribution in [2.45, 2.75) is 64.6 Å². The Morgan fingerprint density at radius 1 is 1.02 bits per heavy atom. The van der Waals surface area contributed by atoms with Crippen LogP contribution in [0.1, 0.15) is 73.1 Å². The molecular weight excluding hydrogens is 576 g/mol. The predicted molar refractivity (Wildman–Crippen MR) is 167 cm³/mol. The zero-order valence-corrected chi connectivity index (χ0v) is 26.1. The van der Waals surface area contributed by atoms with Crippen LogP contribution < -0.4 is 15.4 Å². The molecule has 0 saturated carbocycles. The van der Waals surface area contributed by atoms with Gasteiger partial charge in [0, 0.05) is 32.7 Å². The lowest BCUT2D eigenvalue weighted by Gasteiger charge is -2.43. The van der Waals surface area contributed by atoms with Gasteiger partial charge in [0.15, 0.2) is 18.6 Å². The molecule has 0 aliphatic carbocycles. The molecule has 3 saturated heterocycles. The van der Waals surface area contributed by atoms with Gasteiger partial charge in [0.2, 0.25) is 5.89 Å². The maximum atomic E-state index is 13.1. The van der Waals surface area contributed by atoms with Crippen LogP contribution in [0.2, 0.25) is 0 Å². The highest BCUT2D eigenvalue weighted by Gasteiger charge is 2.37. The molecule has 45 heavy (non-hydrogen) atoms. The van der Waals surface area contributed by atoms with Crippen LogP contribution in [0.3, 0.4) is 0 Å². The molecule has 6 rings (SSSR count). The highest BCUT2D eigenvalue weighted by Crippen LogP contribution is 2.30. The van der Waals surface area contributed by atoms with Crippen molar-refractivity contribution in [3.63, 3.8) is 0 Å². The molecule has 0 spiro atoms. The number of piperidine rings is 3. The second kappa shape index (κ2) is 16.4. The standard InChI is InChI=1S/C34H44N4O7/c1-3-41-31(42-4-2)14-9-17-35-33(39)28-22-44-30(36-28)23-43-27-13-8-12-26(20-27)32(25-10-6-5-7-11-25)37-34(40)45-29-21-38-18-15-24(29)16-19-38/h5-8,10-13,20,22,24,29,31-32H,3-4,9,14-19,21,23H2,1-2H3,(H,35,39)(H,37,40)/t29-,32-/m0/s1. The minimum Gasteiger partial charge on any atom is -0.484 e. The lowest BCUT2D eigenvalue weighted by atomic mass is 9.86. The van der Waals surface area contributed by atoms with Crippen LogP contribution in [-0.4, -0.2) is 73.7 Å². The Balaban J connectivity index is 1.15. The number of fused-ring (bicyclic) bond motifs is 3. The Morgan fingerprint density at radius 3 is 2.49 bits per heavy atom. The highest BCUT2D eigenvalue weighted by molar-refractivity contribution is 5.91. The second-order valence-corrected chi connectivity index (χ2v) is 11.3. The fourth-order valence-electron chi connectivity index (χ4n) is 5.90. The Kier molecular flexibility index (Phi) is 11.8. The van der Waals surface area contributed by atoms with Gasteiger partial charge >= 0.3 is 6.09 Å². The summed E-state index contributed by atoms with van der Waals surface area (Å²) in [7, 11) is 0. The molecule has 2 N–H and O–H groups in total. The van der Waals surface area contributed by atoms with Crippen LogP contribution in [0.5, 0.6) is 5.75 Å². The summed E-state index contributed by atoms with van der Waals surface area (Å²) in [5, 5.41) is 5.94. The summed E-state index contributed by atoms with van der Waals surface area (Å²) in [5.74, 6) is 0.951. The fraction of sp³-hybridized carbons (Fsp3) is 0.500. The van der Waals surface area contributed by atoms with Gasteiger partial charge in [-0.2, -0.15) is 0 Å². The molecule has 0 unspecified atom stereocenters. The minimum atomic E-state index is -0.433. The van der Waals surface area contributed by atoms with E-state index in [1.54, 1.807) is 0 Å². The van der Waals surface area contributed by atoms with Gasteiger partial charge in [0.1, 0.15) is 18.1 Å². The van der Waals surface area contributed by atoms with E-state index in [9.17, 15) is 9.59 Å². The molecule has 3 aliphatic heterocycles. The molecule has 0 radical (unpaired) electrons. The number of carbonyl (C=O) groups excluding carboxylic acids is 2. The number of aromatic nitrogens is 1. The maximum absolute atomic E-state index is 13.1. The van der Waals surface area contributed by atoms with Crippen molar-refractivity contribution < 1.29 is 33.0 Å². The number of nitrogens with one attached hydrogen (secondary N) is 2. The molecule has 2 bridgehead atoms. The third-order valence-electron chi connectivity index (χ3n) is 8.20. The smallest absolute Gasteiger partial charge is 0.408 e. The van der Waals surface area contributed by atoms with Crippen LogP contribution in [-0.2, 0) is 20.8 Å². The first-order valence-electron chi connectivity index (χ1n) is 15.9. The Hall–Kier alpha value is -3.93. The van der Waals surface area contributed by atoms with Gasteiger partial charge in [-0.05, 0) is 75.4 Å². The van der Waals surface area contributed by atoms with Gasteiger partial charge < -0.3 is 34.0 Å². The molecule has 11 nitrogen and oxygen atoms in total. The summed E-state index contributed by atoms with van der Waals surface area (Å²) in [6, 6.07) is 16.9. The summed E-state index contributed by atoms with van der Waals surface area (Å²) in [5.41, 5.74) is 1.95. The Bertz CT molecular complexity index is 1350. The van der Waals surface area contributed by atoms with Gasteiger partial charge in [-0.15, -0.1) is 0 Å². The van der Waals surface area contributed by atoms with Crippen molar-refractivity contribution >= 4 is 12.0 Å². The summed E-state index contributed by atoms with van der Waals surface area (Å²) in [6.07, 6.45) is 4.07. The third kappa shape index (κ3) is 9.29. The van der Waals surface area contributed by atoms with Crippen molar-refractivity contribution in [3.05, 3.63) is 83.6 Å². The van der Waals surface area contributed by atoms with E-state index in [1.165, 1.54) is 6.26 Å². The van der Waals surface area contributed by atoms with Crippen molar-refractivity contribution in [2.24, 2.45) is 5.92 Å². The van der Waals surface area contributed by atoms with E-state index >= 15 is 0 Å². The average Bonchev–Trinajstić information content (AvgIpc) is 3.55. The number of rotatable bonds is 16. The normalized spacial score (nSPS) is 19.7. The van der Waals surface area contributed by atoms with Gasteiger partial charge in [-0.3, -0.25) is 9.69 Å². The molecule has 2 aromatic carbocycles. The first-order valence-corrected chi connectivity index (χ1v) is 15.9. The molecule has 4 heterocycles. The maximum Gasteiger partial charge on any atom is 0.408 e. The van der Waals surface area contributed by atoms with Gasteiger partial charge in [0.05, 0.1) is 6.04 Å². The van der Waals surface area contributed by atoms with E-state index in [1.807, 2.05) is 68.4 Å². The Morgan fingerprint density at radius 2 is 1.78 bits per heavy atom. The number of nitrogens with zero attached hydrogens (tertiary/aromatic N) is 2. The number of hydrogen-bond acceptors (Lipinski definition) is 9. The van der Waals surface area contributed by atoms with Crippen LogP contribution in [0.4, 0.5) is 4.79 Å². The molecule has 2 atom stereocenters. The van der Waals surface area contributed by atoms with Crippen molar-refractivity contribution in [1.82, 2.24) is 20.5 Å². The van der Waals surface area contributed by atoms with E-state index in [-0.39, 0.29) is 36.5 Å². The topological polar surface area (TPSA) is 124 Å². The molecule has 11 heteroatoms. The van der Waals surface area contributed by atoms with Gasteiger partial charge in [0.25, 0.3) is 5.91 Å². The number of hydrogen-bond donors (Lipinski definition) is 2. The summed E-state index contributed by atoms with van der Waals surface area (Å²) >= 11 is 0. The molecule has 242 valence electrons. The third-order valence-corrected chi connectivity index (χ3v) is 8.20. The number of amides is 2. The van der Waals surface area contributed by atoms with Crippen LogP contribution >= 0.6 is 0 Å². The summed E-state index contributed by atoms with van der Waals surface area (Å²) in [6.45, 7) is 8.45. The van der Waals surface area contributed by atoms with E-state index in [4.69, 9.17) is 23.4 Å². The number of ether oxygens (including phenoxy) is 4. The predicted octanol–water partition coefficient (Wildman–Crippen LogP) is 5.07. The van der Waals surface area contributed by atoms with E-state index in [2.05, 4.69) is 20.5 Å². The lowest BCUT2D eigenvalue weighted by molar-refractivity contribution is -0.139. The first-order chi connectivity index (χ1) is 22.0. The van der Waals surface area contributed by atoms with Gasteiger partial charge in [-0.1, -0.05) is 42.5 Å². The lowest BCUT2D eigenvalue weighted by Crippen LogP contribution is -2.52. The zero-order chi connectivity index (χ0) is 31.4. The number of benzene rings is 2. The molecule has 3 aliphatic rings. The van der Waals surface area contributed by atoms with Crippen molar-refractivity contribution in [1.29, 1.82) is 0 Å². The van der Waals surface area contributed by atoms with E-state index < -0.39 is 12.1 Å².